The molecule has 0 fully saturated rings. The van der Waals surface area contributed by atoms with Gasteiger partial charge in [-0.2, -0.15) is 0 Å². The Morgan fingerprint density at radius 3 is 2.57 bits per heavy atom. The fourth-order valence-electron chi connectivity index (χ4n) is 3.46. The largest absolute Gasteiger partial charge is 0.362 e. The van der Waals surface area contributed by atoms with E-state index in [0.29, 0.717) is 18.7 Å². The summed E-state index contributed by atoms with van der Waals surface area (Å²) in [6.07, 6.45) is 0.721. The summed E-state index contributed by atoms with van der Waals surface area (Å²) in [6.45, 7) is 1.17. The Hall–Kier alpha value is -2.73. The quantitative estimate of drug-likeness (QED) is 0.617. The Morgan fingerprint density at radius 1 is 1.07 bits per heavy atom. The second kappa shape index (κ2) is 7.72. The molecule has 2 heterocycles. The second-order valence-corrected chi connectivity index (χ2v) is 7.96. The lowest BCUT2D eigenvalue weighted by atomic mass is 10.0. The van der Waals surface area contributed by atoms with Crippen molar-refractivity contribution in [2.24, 2.45) is 0 Å². The highest BCUT2D eigenvalue weighted by Crippen LogP contribution is 2.29. The van der Waals surface area contributed by atoms with Crippen molar-refractivity contribution < 1.29 is 4.79 Å². The van der Waals surface area contributed by atoms with E-state index in [1.54, 1.807) is 0 Å². The van der Waals surface area contributed by atoms with E-state index in [2.05, 4.69) is 15.9 Å². The number of carbonyl (C=O) groups is 1. The van der Waals surface area contributed by atoms with E-state index >= 15 is 0 Å². The number of fused-ring (bicyclic) bond motifs is 1. The summed E-state index contributed by atoms with van der Waals surface area (Å²) in [6, 6.07) is 17.5. The zero-order valence-electron chi connectivity index (χ0n) is 15.9. The van der Waals surface area contributed by atoms with E-state index < -0.39 is 0 Å². The molecule has 0 saturated carbocycles. The molecule has 1 amide bonds. The van der Waals surface area contributed by atoms with Gasteiger partial charge in [0.1, 0.15) is 5.82 Å². The summed E-state index contributed by atoms with van der Waals surface area (Å²) in [7, 11) is 3.96. The molecule has 5 nitrogen and oxygen atoms in total. The number of carbonyl (C=O) groups excluding carboxylic acids is 1. The van der Waals surface area contributed by atoms with E-state index in [1.165, 1.54) is 0 Å². The number of hydrogen-bond acceptors (Lipinski definition) is 4. The molecule has 2 aromatic carbocycles. The molecule has 6 heteroatoms. The van der Waals surface area contributed by atoms with Crippen LogP contribution in [0.1, 0.15) is 21.6 Å². The highest BCUT2D eigenvalue weighted by atomic mass is 79.9. The van der Waals surface area contributed by atoms with Crippen molar-refractivity contribution in [3.8, 4) is 11.4 Å². The topological polar surface area (TPSA) is 49.3 Å². The summed E-state index contributed by atoms with van der Waals surface area (Å²) >= 11 is 3.44. The highest BCUT2D eigenvalue weighted by Gasteiger charge is 2.27. The first kappa shape index (κ1) is 18.6. The maximum absolute atomic E-state index is 13.0. The van der Waals surface area contributed by atoms with Gasteiger partial charge in [0.15, 0.2) is 5.82 Å². The molecule has 0 atom stereocenters. The van der Waals surface area contributed by atoms with Crippen LogP contribution < -0.4 is 4.90 Å². The number of benzene rings is 2. The first-order chi connectivity index (χ1) is 13.5. The van der Waals surface area contributed by atoms with Crippen molar-refractivity contribution in [1.29, 1.82) is 0 Å². The first-order valence-electron chi connectivity index (χ1n) is 9.20. The lowest BCUT2D eigenvalue weighted by Crippen LogP contribution is -2.37. The maximum Gasteiger partial charge on any atom is 0.254 e. The molecule has 1 aromatic heterocycles. The van der Waals surface area contributed by atoms with Gasteiger partial charge in [0.2, 0.25) is 0 Å². The minimum atomic E-state index is 0.0313. The molecule has 1 aliphatic heterocycles. The van der Waals surface area contributed by atoms with E-state index in [9.17, 15) is 4.79 Å². The van der Waals surface area contributed by atoms with Crippen LogP contribution in [0.25, 0.3) is 11.4 Å². The van der Waals surface area contributed by atoms with Crippen LogP contribution in [0.4, 0.5) is 5.82 Å². The standard InChI is InChI=1S/C22H21BrN4O/c1-26(2)21-18-14-27(22(28)16-9-6-10-17(23)13-16)12-11-19(18)24-20(25-21)15-7-4-3-5-8-15/h3-10,13H,11-12,14H2,1-2H3. The first-order valence-corrected chi connectivity index (χ1v) is 9.99. The predicted octanol–water partition coefficient (Wildman–Crippen LogP) is 4.17. The number of aromatic nitrogens is 2. The van der Waals surface area contributed by atoms with Gasteiger partial charge in [-0.05, 0) is 18.2 Å². The summed E-state index contributed by atoms with van der Waals surface area (Å²) in [4.78, 5) is 26.5. The van der Waals surface area contributed by atoms with Crippen LogP contribution in [0.15, 0.2) is 59.1 Å². The smallest absolute Gasteiger partial charge is 0.254 e. The van der Waals surface area contributed by atoms with E-state index in [0.717, 1.165) is 39.4 Å². The average Bonchev–Trinajstić information content (AvgIpc) is 2.72. The molecule has 0 N–H and O–H groups in total. The molecule has 0 aliphatic carbocycles. The van der Waals surface area contributed by atoms with Crippen molar-refractivity contribution in [2.45, 2.75) is 13.0 Å². The molecule has 0 bridgehead atoms. The van der Waals surface area contributed by atoms with Crippen molar-refractivity contribution in [3.63, 3.8) is 0 Å². The van der Waals surface area contributed by atoms with Crippen LogP contribution in [-0.2, 0) is 13.0 Å². The predicted molar refractivity (Wildman–Crippen MR) is 114 cm³/mol. The van der Waals surface area contributed by atoms with Crippen molar-refractivity contribution >= 4 is 27.7 Å². The number of amides is 1. The van der Waals surface area contributed by atoms with Crippen molar-refractivity contribution in [1.82, 2.24) is 14.9 Å². The molecule has 0 unspecified atom stereocenters. The van der Waals surface area contributed by atoms with Gasteiger partial charge < -0.3 is 9.80 Å². The van der Waals surface area contributed by atoms with Crippen LogP contribution >= 0.6 is 15.9 Å². The summed E-state index contributed by atoms with van der Waals surface area (Å²) < 4.78 is 0.903. The second-order valence-electron chi connectivity index (χ2n) is 7.04. The third-order valence-electron chi connectivity index (χ3n) is 4.85. The molecular weight excluding hydrogens is 416 g/mol. The fourth-order valence-corrected chi connectivity index (χ4v) is 3.86. The Balaban J connectivity index is 1.69. The van der Waals surface area contributed by atoms with Gasteiger partial charge >= 0.3 is 0 Å². The highest BCUT2D eigenvalue weighted by molar-refractivity contribution is 9.10. The van der Waals surface area contributed by atoms with Crippen LogP contribution in [0, 0.1) is 0 Å². The van der Waals surface area contributed by atoms with Gasteiger partial charge in [0, 0.05) is 48.2 Å². The van der Waals surface area contributed by atoms with Gasteiger partial charge in [0.25, 0.3) is 5.91 Å². The third kappa shape index (κ3) is 3.64. The normalized spacial score (nSPS) is 13.2. The molecular formula is C22H21BrN4O. The minimum absolute atomic E-state index is 0.0313. The number of nitrogens with zero attached hydrogens (tertiary/aromatic N) is 4. The van der Waals surface area contributed by atoms with Crippen LogP contribution in [0.3, 0.4) is 0 Å². The molecule has 142 valence electrons. The lowest BCUT2D eigenvalue weighted by molar-refractivity contribution is 0.0733. The minimum Gasteiger partial charge on any atom is -0.362 e. The summed E-state index contributed by atoms with van der Waals surface area (Å²) in [5.74, 6) is 1.63. The SMILES string of the molecule is CN(C)c1nc(-c2ccccc2)nc2c1CN(C(=O)c1cccc(Br)c1)CC2. The third-order valence-corrected chi connectivity index (χ3v) is 5.35. The Bertz CT molecular complexity index is 1020. The number of anilines is 1. The number of hydrogen-bond donors (Lipinski definition) is 0. The van der Waals surface area contributed by atoms with E-state index in [4.69, 9.17) is 9.97 Å². The lowest BCUT2D eigenvalue weighted by Gasteiger charge is -2.31. The zero-order chi connectivity index (χ0) is 19.7. The van der Waals surface area contributed by atoms with Crippen molar-refractivity contribution in [2.75, 3.05) is 25.5 Å². The average molecular weight is 437 g/mol. The van der Waals surface area contributed by atoms with Gasteiger partial charge in [-0.25, -0.2) is 9.97 Å². The van der Waals surface area contributed by atoms with Gasteiger partial charge in [-0.1, -0.05) is 52.3 Å². The van der Waals surface area contributed by atoms with Crippen molar-refractivity contribution in [3.05, 3.63) is 75.9 Å². The zero-order valence-corrected chi connectivity index (χ0v) is 17.5. The molecule has 3 aromatic rings. The van der Waals surface area contributed by atoms with Gasteiger partial charge in [-0.3, -0.25) is 4.79 Å². The fraction of sp³-hybridized carbons (Fsp3) is 0.227. The Morgan fingerprint density at radius 2 is 1.86 bits per heavy atom. The summed E-state index contributed by atoms with van der Waals surface area (Å²) in [5, 5.41) is 0. The summed E-state index contributed by atoms with van der Waals surface area (Å²) in [5.41, 5.74) is 3.74. The van der Waals surface area contributed by atoms with Crippen LogP contribution in [0.5, 0.6) is 0 Å². The van der Waals surface area contributed by atoms with E-state index in [-0.39, 0.29) is 5.91 Å². The Labute approximate surface area is 173 Å². The maximum atomic E-state index is 13.0. The molecule has 28 heavy (non-hydrogen) atoms. The van der Waals surface area contributed by atoms with Crippen LogP contribution in [0.2, 0.25) is 0 Å². The number of halogens is 1. The molecule has 0 saturated heterocycles. The molecule has 4 rings (SSSR count). The van der Waals surface area contributed by atoms with Crippen LogP contribution in [-0.4, -0.2) is 41.4 Å². The molecule has 0 radical (unpaired) electrons. The van der Waals surface area contributed by atoms with E-state index in [1.807, 2.05) is 78.5 Å². The number of rotatable bonds is 3. The van der Waals surface area contributed by atoms with Gasteiger partial charge in [-0.15, -0.1) is 0 Å². The monoisotopic (exact) mass is 436 g/mol. The molecule has 0 spiro atoms. The Kier molecular flexibility index (Phi) is 5.13. The van der Waals surface area contributed by atoms with Gasteiger partial charge in [0.05, 0.1) is 12.2 Å². The molecule has 1 aliphatic rings.